The maximum Gasteiger partial charge on any atom is 0.346 e. The number of aromatic nitrogens is 3. The van der Waals surface area contributed by atoms with Crippen LogP contribution in [-0.2, 0) is 14.1 Å². The molecule has 0 saturated carbocycles. The zero-order chi connectivity index (χ0) is 13.9. The standard InChI is InChI=1S/C11H20N4O3/c1-5-11(2,6-7-16)12-8-9(17)14(3)10(18)15(4)13-8/h16H,5-7H2,1-4H3,(H,12,13). The normalized spacial score (nSPS) is 14.3. The van der Waals surface area contributed by atoms with Gasteiger partial charge in [0.2, 0.25) is 5.82 Å². The molecule has 0 aromatic carbocycles. The van der Waals surface area contributed by atoms with Crippen molar-refractivity contribution in [3.8, 4) is 0 Å². The van der Waals surface area contributed by atoms with Crippen molar-refractivity contribution in [2.45, 2.75) is 32.2 Å². The van der Waals surface area contributed by atoms with Crippen molar-refractivity contribution >= 4 is 5.82 Å². The van der Waals surface area contributed by atoms with Crippen molar-refractivity contribution in [3.05, 3.63) is 20.8 Å². The van der Waals surface area contributed by atoms with E-state index in [0.717, 1.165) is 15.7 Å². The zero-order valence-corrected chi connectivity index (χ0v) is 11.2. The van der Waals surface area contributed by atoms with E-state index in [-0.39, 0.29) is 12.4 Å². The first kappa shape index (κ1) is 14.4. The smallest absolute Gasteiger partial charge is 0.346 e. The summed E-state index contributed by atoms with van der Waals surface area (Å²) >= 11 is 0. The van der Waals surface area contributed by atoms with Crippen molar-refractivity contribution < 1.29 is 5.11 Å². The summed E-state index contributed by atoms with van der Waals surface area (Å²) in [7, 11) is 2.90. The molecular formula is C11H20N4O3. The average molecular weight is 256 g/mol. The molecule has 7 heteroatoms. The van der Waals surface area contributed by atoms with E-state index < -0.39 is 16.8 Å². The number of anilines is 1. The van der Waals surface area contributed by atoms with Crippen molar-refractivity contribution in [1.29, 1.82) is 0 Å². The third-order valence-corrected chi connectivity index (χ3v) is 3.19. The predicted molar refractivity (Wildman–Crippen MR) is 68.7 cm³/mol. The first-order valence-electron chi connectivity index (χ1n) is 5.88. The van der Waals surface area contributed by atoms with Gasteiger partial charge in [0, 0.05) is 26.2 Å². The lowest BCUT2D eigenvalue weighted by molar-refractivity contribution is 0.251. The predicted octanol–water partition coefficient (Wildman–Crippen LogP) is -0.558. The van der Waals surface area contributed by atoms with Gasteiger partial charge in [0.1, 0.15) is 0 Å². The minimum absolute atomic E-state index is 0.0173. The number of aryl methyl sites for hydroxylation is 1. The highest BCUT2D eigenvalue weighted by Crippen LogP contribution is 2.17. The number of hydrogen-bond donors (Lipinski definition) is 2. The van der Waals surface area contributed by atoms with Gasteiger partial charge in [-0.25, -0.2) is 9.48 Å². The highest BCUT2D eigenvalue weighted by atomic mass is 16.3. The van der Waals surface area contributed by atoms with Crippen LogP contribution in [0.5, 0.6) is 0 Å². The lowest BCUT2D eigenvalue weighted by Crippen LogP contribution is -2.44. The van der Waals surface area contributed by atoms with E-state index in [1.54, 1.807) is 0 Å². The molecule has 1 aromatic heterocycles. The van der Waals surface area contributed by atoms with Gasteiger partial charge in [-0.1, -0.05) is 6.92 Å². The number of aliphatic hydroxyl groups is 1. The lowest BCUT2D eigenvalue weighted by atomic mass is 9.95. The molecule has 1 unspecified atom stereocenters. The van der Waals surface area contributed by atoms with E-state index in [1.807, 2.05) is 13.8 Å². The minimum Gasteiger partial charge on any atom is -0.396 e. The van der Waals surface area contributed by atoms with Crippen molar-refractivity contribution in [3.63, 3.8) is 0 Å². The largest absolute Gasteiger partial charge is 0.396 e. The van der Waals surface area contributed by atoms with Crippen LogP contribution in [0.15, 0.2) is 9.59 Å². The second kappa shape index (κ2) is 5.34. The fourth-order valence-electron chi connectivity index (χ4n) is 1.64. The molecule has 7 nitrogen and oxygen atoms in total. The van der Waals surface area contributed by atoms with Crippen LogP contribution in [0.1, 0.15) is 26.7 Å². The van der Waals surface area contributed by atoms with Gasteiger partial charge < -0.3 is 10.4 Å². The van der Waals surface area contributed by atoms with E-state index in [2.05, 4.69) is 10.4 Å². The van der Waals surface area contributed by atoms with Crippen LogP contribution >= 0.6 is 0 Å². The third kappa shape index (κ3) is 2.79. The number of aliphatic hydroxyl groups excluding tert-OH is 1. The summed E-state index contributed by atoms with van der Waals surface area (Å²) in [4.78, 5) is 23.4. The summed E-state index contributed by atoms with van der Waals surface area (Å²) in [5.41, 5.74) is -1.35. The minimum atomic E-state index is -0.467. The molecule has 0 amide bonds. The zero-order valence-electron chi connectivity index (χ0n) is 11.2. The molecule has 102 valence electrons. The Morgan fingerprint density at radius 1 is 1.39 bits per heavy atom. The molecule has 0 saturated heterocycles. The summed E-state index contributed by atoms with van der Waals surface area (Å²) < 4.78 is 2.11. The molecule has 0 radical (unpaired) electrons. The molecular weight excluding hydrogens is 236 g/mol. The van der Waals surface area contributed by atoms with E-state index in [9.17, 15) is 9.59 Å². The Morgan fingerprint density at radius 3 is 2.50 bits per heavy atom. The van der Waals surface area contributed by atoms with Crippen LogP contribution in [0.3, 0.4) is 0 Å². The van der Waals surface area contributed by atoms with Gasteiger partial charge in [0.05, 0.1) is 0 Å². The van der Waals surface area contributed by atoms with Crippen molar-refractivity contribution in [2.75, 3.05) is 11.9 Å². The molecule has 1 rings (SSSR count). The maximum atomic E-state index is 11.9. The topological polar surface area (TPSA) is 89.2 Å². The Hall–Kier alpha value is -1.63. The molecule has 0 aliphatic rings. The Morgan fingerprint density at radius 2 is 2.00 bits per heavy atom. The van der Waals surface area contributed by atoms with Gasteiger partial charge in [-0.15, -0.1) is 5.10 Å². The second-order valence-corrected chi connectivity index (χ2v) is 4.63. The highest BCUT2D eigenvalue weighted by molar-refractivity contribution is 5.33. The highest BCUT2D eigenvalue weighted by Gasteiger charge is 2.23. The fourth-order valence-corrected chi connectivity index (χ4v) is 1.64. The Kier molecular flexibility index (Phi) is 4.28. The quantitative estimate of drug-likeness (QED) is 0.737. The SMILES string of the molecule is CCC(C)(CCO)Nc1nn(C)c(=O)n(C)c1=O. The van der Waals surface area contributed by atoms with Crippen LogP contribution in [0, 0.1) is 0 Å². The summed E-state index contributed by atoms with van der Waals surface area (Å²) in [6, 6.07) is 0. The Bertz CT molecular complexity index is 534. The molecule has 0 aliphatic heterocycles. The summed E-state index contributed by atoms with van der Waals surface area (Å²) in [5.74, 6) is 0.123. The van der Waals surface area contributed by atoms with Gasteiger partial charge in [0.15, 0.2) is 0 Å². The van der Waals surface area contributed by atoms with Crippen LogP contribution in [0.4, 0.5) is 5.82 Å². The van der Waals surface area contributed by atoms with Crippen molar-refractivity contribution in [1.82, 2.24) is 14.3 Å². The number of hydrogen-bond acceptors (Lipinski definition) is 5. The maximum absolute atomic E-state index is 11.9. The first-order valence-corrected chi connectivity index (χ1v) is 5.88. The first-order chi connectivity index (χ1) is 8.34. The van der Waals surface area contributed by atoms with E-state index >= 15 is 0 Å². The Labute approximate surface area is 105 Å². The lowest BCUT2D eigenvalue weighted by Gasteiger charge is -2.29. The number of nitrogens with zero attached hydrogens (tertiary/aromatic N) is 3. The van der Waals surface area contributed by atoms with Gasteiger partial charge >= 0.3 is 5.69 Å². The van der Waals surface area contributed by atoms with Crippen molar-refractivity contribution in [2.24, 2.45) is 14.1 Å². The number of nitrogens with one attached hydrogen (secondary N) is 1. The monoisotopic (exact) mass is 256 g/mol. The molecule has 0 bridgehead atoms. The van der Waals surface area contributed by atoms with Crippen LogP contribution in [0.25, 0.3) is 0 Å². The molecule has 0 spiro atoms. The van der Waals surface area contributed by atoms with Crippen LogP contribution in [-0.4, -0.2) is 31.6 Å². The fraction of sp³-hybridized carbons (Fsp3) is 0.727. The molecule has 1 heterocycles. The van der Waals surface area contributed by atoms with Gasteiger partial charge in [0.25, 0.3) is 5.56 Å². The van der Waals surface area contributed by atoms with Crippen LogP contribution in [0.2, 0.25) is 0 Å². The number of rotatable bonds is 5. The third-order valence-electron chi connectivity index (χ3n) is 3.19. The van der Waals surface area contributed by atoms with Gasteiger partial charge in [-0.2, -0.15) is 0 Å². The summed E-state index contributed by atoms with van der Waals surface area (Å²) in [5, 5.41) is 16.0. The molecule has 1 atom stereocenters. The molecule has 0 aliphatic carbocycles. The molecule has 18 heavy (non-hydrogen) atoms. The molecule has 1 aromatic rings. The van der Waals surface area contributed by atoms with E-state index in [1.165, 1.54) is 14.1 Å². The van der Waals surface area contributed by atoms with Gasteiger partial charge in [-0.3, -0.25) is 9.36 Å². The average Bonchev–Trinajstić information content (AvgIpc) is 2.33. The second-order valence-electron chi connectivity index (χ2n) is 4.63. The van der Waals surface area contributed by atoms with E-state index in [4.69, 9.17) is 5.11 Å². The Balaban J connectivity index is 3.20. The van der Waals surface area contributed by atoms with Gasteiger partial charge in [-0.05, 0) is 19.8 Å². The summed E-state index contributed by atoms with van der Waals surface area (Å²) in [6.07, 6.45) is 1.22. The summed E-state index contributed by atoms with van der Waals surface area (Å²) in [6.45, 7) is 3.87. The molecule has 0 fully saturated rings. The van der Waals surface area contributed by atoms with Crippen LogP contribution < -0.4 is 16.6 Å². The molecule has 2 N–H and O–H groups in total. The van der Waals surface area contributed by atoms with E-state index in [0.29, 0.717) is 6.42 Å².